The molecule has 1 heteroatoms. The second kappa shape index (κ2) is 4.41. The van der Waals surface area contributed by atoms with Crippen LogP contribution in [0.3, 0.4) is 0 Å². The van der Waals surface area contributed by atoms with Crippen molar-refractivity contribution >= 4 is 5.78 Å². The molecular formula is C13H18O. The van der Waals surface area contributed by atoms with Gasteiger partial charge in [0.1, 0.15) is 5.78 Å². The molecule has 1 rings (SSSR count). The van der Waals surface area contributed by atoms with Crippen LogP contribution in [0.25, 0.3) is 0 Å². The standard InChI is InChI=1S/C13H18O/c1-5-12-6-9(2)11(4)13(8-12)7-10(3)14/h6,8H,5,7H2,1-4H3. The minimum absolute atomic E-state index is 0.237. The molecular weight excluding hydrogens is 172 g/mol. The average Bonchev–Trinajstić information content (AvgIpc) is 2.11. The Labute approximate surface area is 86.1 Å². The van der Waals surface area contributed by atoms with Crippen molar-refractivity contribution in [2.75, 3.05) is 0 Å². The smallest absolute Gasteiger partial charge is 0.134 e. The lowest BCUT2D eigenvalue weighted by Crippen LogP contribution is -2.01. The van der Waals surface area contributed by atoms with Crippen molar-refractivity contribution in [3.8, 4) is 0 Å². The lowest BCUT2D eigenvalue weighted by Gasteiger charge is -2.10. The highest BCUT2D eigenvalue weighted by molar-refractivity contribution is 5.78. The van der Waals surface area contributed by atoms with E-state index in [2.05, 4.69) is 32.9 Å². The quantitative estimate of drug-likeness (QED) is 0.716. The summed E-state index contributed by atoms with van der Waals surface area (Å²) >= 11 is 0. The molecule has 0 bridgehead atoms. The molecule has 1 aromatic carbocycles. The fourth-order valence-corrected chi connectivity index (χ4v) is 1.67. The number of carbonyl (C=O) groups excluding carboxylic acids is 1. The summed E-state index contributed by atoms with van der Waals surface area (Å²) in [4.78, 5) is 11.1. The first-order chi connectivity index (χ1) is 6.54. The fourth-order valence-electron chi connectivity index (χ4n) is 1.67. The van der Waals surface area contributed by atoms with E-state index >= 15 is 0 Å². The molecule has 0 saturated heterocycles. The van der Waals surface area contributed by atoms with E-state index in [1.54, 1.807) is 6.92 Å². The number of carbonyl (C=O) groups is 1. The number of hydrogen-bond acceptors (Lipinski definition) is 1. The Morgan fingerprint density at radius 3 is 2.43 bits per heavy atom. The highest BCUT2D eigenvalue weighted by Crippen LogP contribution is 2.17. The van der Waals surface area contributed by atoms with Crippen LogP contribution in [0.15, 0.2) is 12.1 Å². The topological polar surface area (TPSA) is 17.1 Å². The van der Waals surface area contributed by atoms with Gasteiger partial charge in [0, 0.05) is 6.42 Å². The number of aryl methyl sites for hydroxylation is 2. The van der Waals surface area contributed by atoms with E-state index in [1.807, 2.05) is 0 Å². The Morgan fingerprint density at radius 1 is 1.29 bits per heavy atom. The van der Waals surface area contributed by atoms with Gasteiger partial charge in [-0.1, -0.05) is 19.1 Å². The first-order valence-electron chi connectivity index (χ1n) is 5.13. The monoisotopic (exact) mass is 190 g/mol. The third-order valence-electron chi connectivity index (χ3n) is 2.68. The summed E-state index contributed by atoms with van der Waals surface area (Å²) in [7, 11) is 0. The van der Waals surface area contributed by atoms with E-state index in [0.717, 1.165) is 6.42 Å². The average molecular weight is 190 g/mol. The molecule has 1 aromatic rings. The second-order valence-corrected chi connectivity index (χ2v) is 3.93. The van der Waals surface area contributed by atoms with Crippen LogP contribution in [0.2, 0.25) is 0 Å². The van der Waals surface area contributed by atoms with Crippen LogP contribution in [0.4, 0.5) is 0 Å². The number of hydrogen-bond donors (Lipinski definition) is 0. The van der Waals surface area contributed by atoms with Crippen molar-refractivity contribution in [2.45, 2.75) is 40.5 Å². The van der Waals surface area contributed by atoms with Crippen LogP contribution in [0.5, 0.6) is 0 Å². The van der Waals surface area contributed by atoms with E-state index in [-0.39, 0.29) is 5.78 Å². The molecule has 0 saturated carbocycles. The molecule has 0 aliphatic rings. The van der Waals surface area contributed by atoms with Gasteiger partial charge in [0.05, 0.1) is 0 Å². The summed E-state index contributed by atoms with van der Waals surface area (Å²) in [6.07, 6.45) is 1.60. The van der Waals surface area contributed by atoms with Crippen molar-refractivity contribution in [2.24, 2.45) is 0 Å². The maximum Gasteiger partial charge on any atom is 0.134 e. The predicted molar refractivity (Wildman–Crippen MR) is 59.7 cm³/mol. The van der Waals surface area contributed by atoms with E-state index in [1.165, 1.54) is 22.3 Å². The van der Waals surface area contributed by atoms with E-state index < -0.39 is 0 Å². The maximum absolute atomic E-state index is 11.1. The first kappa shape index (κ1) is 11.0. The lowest BCUT2D eigenvalue weighted by atomic mass is 9.95. The molecule has 0 N–H and O–H groups in total. The largest absolute Gasteiger partial charge is 0.300 e. The molecule has 0 unspecified atom stereocenters. The number of Topliss-reactive ketones (excluding diaryl/α,β-unsaturated/α-hetero) is 1. The normalized spacial score (nSPS) is 10.3. The second-order valence-electron chi connectivity index (χ2n) is 3.93. The van der Waals surface area contributed by atoms with Gasteiger partial charge in [0.2, 0.25) is 0 Å². The van der Waals surface area contributed by atoms with Crippen molar-refractivity contribution in [3.63, 3.8) is 0 Å². The Bertz CT molecular complexity index is 350. The van der Waals surface area contributed by atoms with Gasteiger partial charge in [0.15, 0.2) is 0 Å². The van der Waals surface area contributed by atoms with E-state index in [9.17, 15) is 4.79 Å². The van der Waals surface area contributed by atoms with Crippen molar-refractivity contribution in [1.82, 2.24) is 0 Å². The number of rotatable bonds is 3. The van der Waals surface area contributed by atoms with Crippen LogP contribution < -0.4 is 0 Å². The Morgan fingerprint density at radius 2 is 1.93 bits per heavy atom. The van der Waals surface area contributed by atoms with Crippen LogP contribution in [-0.2, 0) is 17.6 Å². The molecule has 0 aliphatic heterocycles. The molecule has 0 heterocycles. The van der Waals surface area contributed by atoms with Crippen molar-refractivity contribution in [3.05, 3.63) is 34.4 Å². The van der Waals surface area contributed by atoms with E-state index in [0.29, 0.717) is 6.42 Å². The van der Waals surface area contributed by atoms with Gasteiger partial charge in [-0.15, -0.1) is 0 Å². The van der Waals surface area contributed by atoms with Crippen LogP contribution in [0, 0.1) is 13.8 Å². The van der Waals surface area contributed by atoms with Crippen LogP contribution >= 0.6 is 0 Å². The summed E-state index contributed by atoms with van der Waals surface area (Å²) in [5, 5.41) is 0. The SMILES string of the molecule is CCc1cc(C)c(C)c(CC(C)=O)c1. The van der Waals surface area contributed by atoms with Gasteiger partial charge in [-0.25, -0.2) is 0 Å². The van der Waals surface area contributed by atoms with Gasteiger partial charge in [-0.3, -0.25) is 4.79 Å². The Balaban J connectivity index is 3.13. The van der Waals surface area contributed by atoms with Gasteiger partial charge in [-0.2, -0.15) is 0 Å². The zero-order valence-electron chi connectivity index (χ0n) is 9.48. The fraction of sp³-hybridized carbons (Fsp3) is 0.462. The molecule has 0 atom stereocenters. The maximum atomic E-state index is 11.1. The zero-order chi connectivity index (χ0) is 10.7. The molecule has 0 aliphatic carbocycles. The third-order valence-corrected chi connectivity index (χ3v) is 2.68. The molecule has 1 nitrogen and oxygen atoms in total. The molecule has 0 fully saturated rings. The summed E-state index contributed by atoms with van der Waals surface area (Å²) in [6, 6.07) is 4.36. The zero-order valence-corrected chi connectivity index (χ0v) is 9.48. The summed E-state index contributed by atoms with van der Waals surface area (Å²) in [5.41, 5.74) is 5.07. The summed E-state index contributed by atoms with van der Waals surface area (Å²) < 4.78 is 0. The molecule has 0 aromatic heterocycles. The van der Waals surface area contributed by atoms with Crippen molar-refractivity contribution < 1.29 is 4.79 Å². The third kappa shape index (κ3) is 2.44. The van der Waals surface area contributed by atoms with E-state index in [4.69, 9.17) is 0 Å². The first-order valence-corrected chi connectivity index (χ1v) is 5.13. The lowest BCUT2D eigenvalue weighted by molar-refractivity contribution is -0.116. The summed E-state index contributed by atoms with van der Waals surface area (Å²) in [6.45, 7) is 7.99. The van der Waals surface area contributed by atoms with Crippen molar-refractivity contribution in [1.29, 1.82) is 0 Å². The number of benzene rings is 1. The van der Waals surface area contributed by atoms with Gasteiger partial charge in [0.25, 0.3) is 0 Å². The minimum atomic E-state index is 0.237. The molecule has 0 amide bonds. The Hall–Kier alpha value is -1.11. The minimum Gasteiger partial charge on any atom is -0.300 e. The molecule has 14 heavy (non-hydrogen) atoms. The molecule has 0 radical (unpaired) electrons. The Kier molecular flexibility index (Phi) is 3.45. The summed E-state index contributed by atoms with van der Waals surface area (Å²) in [5.74, 6) is 0.237. The molecule has 76 valence electrons. The highest BCUT2D eigenvalue weighted by atomic mass is 16.1. The van der Waals surface area contributed by atoms with Crippen LogP contribution in [-0.4, -0.2) is 5.78 Å². The number of ketones is 1. The highest BCUT2D eigenvalue weighted by Gasteiger charge is 2.05. The molecule has 0 spiro atoms. The van der Waals surface area contributed by atoms with Gasteiger partial charge in [-0.05, 0) is 49.4 Å². The predicted octanol–water partition coefficient (Wildman–Crippen LogP) is 3.00. The van der Waals surface area contributed by atoms with Gasteiger partial charge >= 0.3 is 0 Å². The van der Waals surface area contributed by atoms with Crippen LogP contribution in [0.1, 0.15) is 36.1 Å². The van der Waals surface area contributed by atoms with Gasteiger partial charge < -0.3 is 0 Å².